The highest BCUT2D eigenvalue weighted by Crippen LogP contribution is 2.19. The van der Waals surface area contributed by atoms with Crippen LogP contribution < -0.4 is 0 Å². The Hall–Kier alpha value is -1.63. The predicted octanol–water partition coefficient (Wildman–Crippen LogP) is 13.9. The summed E-state index contributed by atoms with van der Waals surface area (Å²) in [7, 11) is 0. The van der Waals surface area contributed by atoms with Gasteiger partial charge in [0.1, 0.15) is 12.1 Å². The molecule has 7 nitrogen and oxygen atoms in total. The smallest absolute Gasteiger partial charge is 0.320 e. The summed E-state index contributed by atoms with van der Waals surface area (Å²) in [5.74, 6) is -0.820. The van der Waals surface area contributed by atoms with Crippen molar-refractivity contribution in [3.63, 3.8) is 0 Å². The van der Waals surface area contributed by atoms with E-state index in [2.05, 4.69) is 25.7 Å². The first-order valence-electron chi connectivity index (χ1n) is 23.7. The van der Waals surface area contributed by atoms with Crippen LogP contribution in [0.25, 0.3) is 0 Å². The van der Waals surface area contributed by atoms with E-state index in [1.807, 2.05) is 6.92 Å². The Morgan fingerprint density at radius 1 is 0.463 bits per heavy atom. The zero-order chi connectivity index (χ0) is 39.7. The zero-order valence-electron chi connectivity index (χ0n) is 36.5. The number of aliphatic carboxylic acids is 1. The highest BCUT2D eigenvalue weighted by Gasteiger charge is 2.23. The highest BCUT2D eigenvalue weighted by atomic mass is 16.5. The highest BCUT2D eigenvalue weighted by molar-refractivity contribution is 5.73. The second kappa shape index (κ2) is 41.0. The number of carbonyl (C=O) groups excluding carboxylic acids is 2. The number of esters is 2. The summed E-state index contributed by atoms with van der Waals surface area (Å²) < 4.78 is 11.4. The number of carboxylic acids is 1. The molecule has 0 amide bonds. The molecule has 0 aliphatic heterocycles. The van der Waals surface area contributed by atoms with Crippen molar-refractivity contribution in [2.24, 2.45) is 0 Å². The van der Waals surface area contributed by atoms with E-state index in [1.54, 1.807) is 0 Å². The van der Waals surface area contributed by atoms with Gasteiger partial charge >= 0.3 is 17.9 Å². The topological polar surface area (TPSA) is 93.1 Å². The third kappa shape index (κ3) is 34.8. The number of rotatable bonds is 43. The minimum atomic E-state index is -0.729. The van der Waals surface area contributed by atoms with Crippen LogP contribution in [0.5, 0.6) is 0 Å². The Morgan fingerprint density at radius 3 is 1.26 bits per heavy atom. The molecule has 0 rings (SSSR count). The van der Waals surface area contributed by atoms with E-state index in [0.717, 1.165) is 116 Å². The van der Waals surface area contributed by atoms with Crippen molar-refractivity contribution in [2.45, 2.75) is 265 Å². The van der Waals surface area contributed by atoms with Gasteiger partial charge in [-0.25, -0.2) is 0 Å². The first-order chi connectivity index (χ1) is 26.4. The first kappa shape index (κ1) is 52.4. The summed E-state index contributed by atoms with van der Waals surface area (Å²) in [6, 6.07) is -0.434. The Bertz CT molecular complexity index is 835. The summed E-state index contributed by atoms with van der Waals surface area (Å²) >= 11 is 0. The summed E-state index contributed by atoms with van der Waals surface area (Å²) in [5, 5.41) is 9.85. The molecule has 0 aromatic rings. The van der Waals surface area contributed by atoms with Gasteiger partial charge in [0, 0.05) is 12.8 Å². The SMILES string of the molecule is CCCCCCCCCOC(=O)CCCCCCCN(CCCCCCCC(=O)OC(CCCCCCCC)CCCCCCCCC)C(CC)C(=O)O. The molecule has 0 saturated heterocycles. The van der Waals surface area contributed by atoms with Crippen LogP contribution in [0.15, 0.2) is 0 Å². The third-order valence-electron chi connectivity index (χ3n) is 11.1. The van der Waals surface area contributed by atoms with E-state index >= 15 is 0 Å². The van der Waals surface area contributed by atoms with Crippen LogP contribution in [0.3, 0.4) is 0 Å². The molecule has 0 aliphatic carbocycles. The average Bonchev–Trinajstić information content (AvgIpc) is 3.15. The second-order valence-corrected chi connectivity index (χ2v) is 16.3. The standard InChI is InChI=1S/C47H91NO6/c1-5-9-12-15-18-23-30-37-43(36-29-22-17-14-11-7-3)54-46(50)39-32-25-21-27-34-41-48(44(8-4)47(51)52)40-33-26-20-24-31-38-45(49)53-42-35-28-19-16-13-10-6-2/h43-44H,5-42H2,1-4H3,(H,51,52). The lowest BCUT2D eigenvalue weighted by atomic mass is 10.0. The quantitative estimate of drug-likeness (QED) is 0.0488. The maximum absolute atomic E-state index is 12.8. The molecule has 0 fully saturated rings. The summed E-state index contributed by atoms with van der Waals surface area (Å²) in [6.45, 7) is 10.9. The summed E-state index contributed by atoms with van der Waals surface area (Å²) in [4.78, 5) is 39.0. The maximum atomic E-state index is 12.8. The average molecular weight is 766 g/mol. The number of unbranched alkanes of at least 4 members (excludes halogenated alkanes) is 25. The van der Waals surface area contributed by atoms with Crippen molar-refractivity contribution in [2.75, 3.05) is 19.7 Å². The Kier molecular flexibility index (Phi) is 39.8. The first-order valence-corrected chi connectivity index (χ1v) is 23.7. The molecule has 0 radical (unpaired) electrons. The lowest BCUT2D eigenvalue weighted by Gasteiger charge is -2.28. The monoisotopic (exact) mass is 766 g/mol. The normalized spacial score (nSPS) is 12.6. The third-order valence-corrected chi connectivity index (χ3v) is 11.1. The van der Waals surface area contributed by atoms with Gasteiger partial charge in [-0.05, 0) is 77.3 Å². The second-order valence-electron chi connectivity index (χ2n) is 16.3. The lowest BCUT2D eigenvalue weighted by molar-refractivity contribution is -0.150. The molecule has 0 saturated carbocycles. The molecule has 0 heterocycles. The maximum Gasteiger partial charge on any atom is 0.320 e. The molecule has 0 bridgehead atoms. The summed E-state index contributed by atoms with van der Waals surface area (Å²) in [6.07, 6.45) is 38.8. The van der Waals surface area contributed by atoms with E-state index in [1.165, 1.54) is 103 Å². The number of carboxylic acid groups (broad SMARTS) is 1. The van der Waals surface area contributed by atoms with Crippen molar-refractivity contribution >= 4 is 17.9 Å². The predicted molar refractivity (Wildman–Crippen MR) is 228 cm³/mol. The van der Waals surface area contributed by atoms with Gasteiger partial charge in [0.25, 0.3) is 0 Å². The lowest BCUT2D eigenvalue weighted by Crippen LogP contribution is -2.42. The molecule has 54 heavy (non-hydrogen) atoms. The van der Waals surface area contributed by atoms with Gasteiger partial charge in [-0.1, -0.05) is 175 Å². The Labute approximate surface area is 335 Å². The number of hydrogen-bond acceptors (Lipinski definition) is 6. The Balaban J connectivity index is 4.27. The molecule has 2 atom stereocenters. The van der Waals surface area contributed by atoms with Gasteiger partial charge in [0.2, 0.25) is 0 Å². The molecule has 7 heteroatoms. The van der Waals surface area contributed by atoms with Gasteiger partial charge in [-0.2, -0.15) is 0 Å². The molecule has 320 valence electrons. The van der Waals surface area contributed by atoms with Crippen molar-refractivity contribution in [3.05, 3.63) is 0 Å². The molecule has 1 N–H and O–H groups in total. The molecular formula is C47H91NO6. The van der Waals surface area contributed by atoms with E-state index in [-0.39, 0.29) is 18.0 Å². The molecule has 0 spiro atoms. The van der Waals surface area contributed by atoms with E-state index in [0.29, 0.717) is 25.9 Å². The largest absolute Gasteiger partial charge is 0.480 e. The Morgan fingerprint density at radius 2 is 0.833 bits per heavy atom. The van der Waals surface area contributed by atoms with E-state index in [4.69, 9.17) is 9.47 Å². The van der Waals surface area contributed by atoms with Crippen LogP contribution in [0.4, 0.5) is 0 Å². The minimum Gasteiger partial charge on any atom is -0.480 e. The van der Waals surface area contributed by atoms with Crippen LogP contribution in [0.1, 0.15) is 252 Å². The van der Waals surface area contributed by atoms with Gasteiger partial charge in [-0.15, -0.1) is 0 Å². The fourth-order valence-electron chi connectivity index (χ4n) is 7.55. The van der Waals surface area contributed by atoms with Gasteiger partial charge in [0.15, 0.2) is 0 Å². The van der Waals surface area contributed by atoms with Gasteiger partial charge in [-0.3, -0.25) is 19.3 Å². The number of hydrogen-bond donors (Lipinski definition) is 1. The van der Waals surface area contributed by atoms with Crippen molar-refractivity contribution in [1.29, 1.82) is 0 Å². The fraction of sp³-hybridized carbons (Fsp3) is 0.936. The summed E-state index contributed by atoms with van der Waals surface area (Å²) in [5.41, 5.74) is 0. The van der Waals surface area contributed by atoms with Crippen LogP contribution in [-0.4, -0.2) is 59.8 Å². The number of ether oxygens (including phenoxy) is 2. The molecular weight excluding hydrogens is 675 g/mol. The molecule has 0 aliphatic rings. The zero-order valence-corrected chi connectivity index (χ0v) is 36.5. The molecule has 2 unspecified atom stereocenters. The van der Waals surface area contributed by atoms with Crippen molar-refractivity contribution in [1.82, 2.24) is 4.90 Å². The van der Waals surface area contributed by atoms with Crippen molar-refractivity contribution < 1.29 is 29.0 Å². The molecule has 0 aromatic carbocycles. The number of nitrogens with zero attached hydrogens (tertiary/aromatic N) is 1. The van der Waals surface area contributed by atoms with Crippen LogP contribution in [0.2, 0.25) is 0 Å². The molecule has 0 aromatic heterocycles. The van der Waals surface area contributed by atoms with Gasteiger partial charge in [0.05, 0.1) is 6.61 Å². The number of carbonyl (C=O) groups is 3. The minimum absolute atomic E-state index is 0.0221. The van der Waals surface area contributed by atoms with Crippen LogP contribution in [0, 0.1) is 0 Å². The fourth-order valence-corrected chi connectivity index (χ4v) is 7.55. The van der Waals surface area contributed by atoms with Crippen LogP contribution >= 0.6 is 0 Å². The van der Waals surface area contributed by atoms with E-state index in [9.17, 15) is 19.5 Å². The van der Waals surface area contributed by atoms with E-state index < -0.39 is 12.0 Å². The van der Waals surface area contributed by atoms with Crippen molar-refractivity contribution in [3.8, 4) is 0 Å². The van der Waals surface area contributed by atoms with Crippen LogP contribution in [-0.2, 0) is 23.9 Å². The van der Waals surface area contributed by atoms with Gasteiger partial charge < -0.3 is 14.6 Å².